The highest BCUT2D eigenvalue weighted by Crippen LogP contribution is 2.43. The van der Waals surface area contributed by atoms with Gasteiger partial charge >= 0.3 is 0 Å². The predicted octanol–water partition coefficient (Wildman–Crippen LogP) is 10.9. The summed E-state index contributed by atoms with van der Waals surface area (Å²) in [6.07, 6.45) is 0. The molecule has 6 aromatic carbocycles. The first-order valence-corrected chi connectivity index (χ1v) is 17.5. The zero-order valence-corrected chi connectivity index (χ0v) is 27.4. The van der Waals surface area contributed by atoms with Crippen LogP contribution in [0.5, 0.6) is 0 Å². The number of para-hydroxylation sites is 4. The summed E-state index contributed by atoms with van der Waals surface area (Å²) in [7, 11) is 0. The van der Waals surface area contributed by atoms with Gasteiger partial charge in [0.2, 0.25) is 11.9 Å². The zero-order valence-electron chi connectivity index (χ0n) is 26.6. The highest BCUT2D eigenvalue weighted by atomic mass is 32.1. The second-order valence-electron chi connectivity index (χ2n) is 12.5. The lowest BCUT2D eigenvalue weighted by molar-refractivity contribution is 0.895. The van der Waals surface area contributed by atoms with E-state index in [1.165, 1.54) is 20.9 Å². The van der Waals surface area contributed by atoms with Crippen molar-refractivity contribution in [3.8, 4) is 29.0 Å². The van der Waals surface area contributed by atoms with Crippen molar-refractivity contribution in [2.24, 2.45) is 0 Å². The van der Waals surface area contributed by atoms with E-state index in [9.17, 15) is 0 Å². The van der Waals surface area contributed by atoms with Gasteiger partial charge in [-0.2, -0.15) is 15.0 Å². The van der Waals surface area contributed by atoms with Crippen LogP contribution in [-0.4, -0.2) is 28.7 Å². The van der Waals surface area contributed by atoms with Crippen LogP contribution in [0.3, 0.4) is 0 Å². The van der Waals surface area contributed by atoms with Gasteiger partial charge in [-0.25, -0.2) is 0 Å². The maximum absolute atomic E-state index is 5.40. The molecule has 11 aromatic rings. The molecule has 11 rings (SSSR count). The predicted molar refractivity (Wildman–Crippen MR) is 206 cm³/mol. The number of hydrogen-bond acceptors (Lipinski definition) is 4. The van der Waals surface area contributed by atoms with E-state index in [2.05, 4.69) is 153 Å². The fourth-order valence-corrected chi connectivity index (χ4v) is 8.88. The van der Waals surface area contributed by atoms with Gasteiger partial charge in [-0.05, 0) is 36.4 Å². The summed E-state index contributed by atoms with van der Waals surface area (Å²) in [5.74, 6) is 1.78. The Morgan fingerprint density at radius 3 is 1.60 bits per heavy atom. The molecule has 0 saturated carbocycles. The first-order valence-electron chi connectivity index (χ1n) is 16.6. The number of rotatable bonds is 4. The Kier molecular flexibility index (Phi) is 5.73. The van der Waals surface area contributed by atoms with Gasteiger partial charge in [0.15, 0.2) is 5.82 Å². The lowest BCUT2D eigenvalue weighted by Crippen LogP contribution is -2.10. The van der Waals surface area contributed by atoms with Crippen LogP contribution >= 0.6 is 11.3 Å². The van der Waals surface area contributed by atoms with Crippen LogP contribution in [0.25, 0.3) is 93.0 Å². The van der Waals surface area contributed by atoms with Gasteiger partial charge in [0.05, 0.1) is 27.6 Å². The van der Waals surface area contributed by atoms with Gasteiger partial charge in [0.25, 0.3) is 0 Å². The third-order valence-electron chi connectivity index (χ3n) is 9.72. The van der Waals surface area contributed by atoms with Crippen LogP contribution in [-0.2, 0) is 0 Å². The van der Waals surface area contributed by atoms with E-state index in [-0.39, 0.29) is 0 Å². The molecule has 0 amide bonds. The Hall–Kier alpha value is -6.57. The molecule has 5 heterocycles. The van der Waals surface area contributed by atoms with E-state index in [0.717, 1.165) is 54.4 Å². The van der Waals surface area contributed by atoms with Crippen molar-refractivity contribution in [2.45, 2.75) is 0 Å². The van der Waals surface area contributed by atoms with Crippen LogP contribution in [0.1, 0.15) is 0 Å². The fourth-order valence-electron chi connectivity index (χ4n) is 7.65. The second kappa shape index (κ2) is 10.5. The molecule has 0 saturated heterocycles. The summed E-state index contributed by atoms with van der Waals surface area (Å²) >= 11 is 1.77. The van der Waals surface area contributed by atoms with Crippen molar-refractivity contribution < 1.29 is 0 Å². The summed E-state index contributed by atoms with van der Waals surface area (Å²) < 4.78 is 8.06. The highest BCUT2D eigenvalue weighted by Gasteiger charge is 2.25. The fraction of sp³-hybridized carbons (Fsp3) is 0. The molecule has 0 unspecified atom stereocenters. The number of fused-ring (bicyclic) bond motifs is 10. The molecule has 7 heteroatoms. The maximum atomic E-state index is 5.40. The van der Waals surface area contributed by atoms with Crippen molar-refractivity contribution in [1.29, 1.82) is 0 Å². The molecule has 234 valence electrons. The number of aromatic nitrogens is 6. The minimum atomic E-state index is 0.572. The van der Waals surface area contributed by atoms with E-state index in [4.69, 9.17) is 15.0 Å². The van der Waals surface area contributed by atoms with Crippen molar-refractivity contribution in [3.63, 3.8) is 0 Å². The molecule has 0 atom stereocenters. The smallest absolute Gasteiger partial charge is 0.240 e. The standard InChI is InChI=1S/C43H26N6S/c1-3-15-27(16-4-1)40-44-42(46-43(45-40)49-33-23-11-7-19-29(33)37-32-22-10-14-26-36(32)50-41(37)49)48-35-25-13-9-21-31(35)38-39(48)30-20-8-12-24-34(30)47(38)28-17-5-2-6-18-28/h1-26H. The van der Waals surface area contributed by atoms with Crippen molar-refractivity contribution in [3.05, 3.63) is 158 Å². The molecule has 6 nitrogen and oxygen atoms in total. The van der Waals surface area contributed by atoms with Gasteiger partial charge in [0, 0.05) is 42.9 Å². The molecule has 0 radical (unpaired) electrons. The molecule has 0 aliphatic carbocycles. The van der Waals surface area contributed by atoms with Crippen LogP contribution < -0.4 is 0 Å². The molecule has 0 aliphatic rings. The summed E-state index contributed by atoms with van der Waals surface area (Å²) in [4.78, 5) is 17.0. The molecular weight excluding hydrogens is 633 g/mol. The van der Waals surface area contributed by atoms with Crippen LogP contribution in [0.15, 0.2) is 158 Å². The third kappa shape index (κ3) is 3.80. The Labute approximate surface area is 289 Å². The van der Waals surface area contributed by atoms with Crippen molar-refractivity contribution in [1.82, 2.24) is 28.7 Å². The average Bonchev–Trinajstić information content (AvgIpc) is 3.91. The minimum Gasteiger partial charge on any atom is -0.307 e. The zero-order chi connectivity index (χ0) is 32.8. The van der Waals surface area contributed by atoms with Crippen LogP contribution in [0, 0.1) is 0 Å². The first-order chi connectivity index (χ1) is 24.8. The molecule has 0 spiro atoms. The van der Waals surface area contributed by atoms with E-state index >= 15 is 0 Å². The molecule has 5 aromatic heterocycles. The van der Waals surface area contributed by atoms with Gasteiger partial charge in [-0.15, -0.1) is 11.3 Å². The normalized spacial score (nSPS) is 12.0. The summed E-state index contributed by atoms with van der Waals surface area (Å²) in [5, 5.41) is 5.91. The number of thiophene rings is 1. The first kappa shape index (κ1) is 27.4. The molecule has 50 heavy (non-hydrogen) atoms. The Balaban J connectivity index is 1.30. The lowest BCUT2D eigenvalue weighted by atomic mass is 10.1. The molecule has 0 fully saturated rings. The van der Waals surface area contributed by atoms with Crippen LogP contribution in [0.2, 0.25) is 0 Å². The van der Waals surface area contributed by atoms with E-state index < -0.39 is 0 Å². The molecule has 0 aliphatic heterocycles. The summed E-state index contributed by atoms with van der Waals surface area (Å²) in [5.41, 5.74) is 7.45. The quantitative estimate of drug-likeness (QED) is 0.189. The van der Waals surface area contributed by atoms with E-state index in [0.29, 0.717) is 17.7 Å². The number of nitrogens with zero attached hydrogens (tertiary/aromatic N) is 6. The third-order valence-corrected chi connectivity index (χ3v) is 10.9. The average molecular weight is 659 g/mol. The minimum absolute atomic E-state index is 0.572. The van der Waals surface area contributed by atoms with Crippen LogP contribution in [0.4, 0.5) is 0 Å². The van der Waals surface area contributed by atoms with Crippen molar-refractivity contribution in [2.75, 3.05) is 0 Å². The maximum Gasteiger partial charge on any atom is 0.240 e. The van der Waals surface area contributed by atoms with Crippen molar-refractivity contribution >= 4 is 75.4 Å². The second-order valence-corrected chi connectivity index (χ2v) is 13.5. The van der Waals surface area contributed by atoms with Gasteiger partial charge in [-0.3, -0.25) is 9.13 Å². The molecule has 0 bridgehead atoms. The lowest BCUT2D eigenvalue weighted by Gasteiger charge is -2.12. The highest BCUT2D eigenvalue weighted by molar-refractivity contribution is 7.25. The summed E-state index contributed by atoms with van der Waals surface area (Å²) in [6.45, 7) is 0. The molecular formula is C43H26N6S. The van der Waals surface area contributed by atoms with Gasteiger partial charge < -0.3 is 4.57 Å². The van der Waals surface area contributed by atoms with Gasteiger partial charge in [0.1, 0.15) is 4.83 Å². The topological polar surface area (TPSA) is 53.5 Å². The number of hydrogen-bond donors (Lipinski definition) is 0. The van der Waals surface area contributed by atoms with E-state index in [1.54, 1.807) is 11.3 Å². The Morgan fingerprint density at radius 1 is 0.400 bits per heavy atom. The Morgan fingerprint density at radius 2 is 0.900 bits per heavy atom. The monoisotopic (exact) mass is 658 g/mol. The SMILES string of the molecule is c1ccc(-c2nc(-n3c4ccccc4c4c5ccccc5sc43)nc(-n3c4ccccc4c4c3c3ccccc3n4-c3ccccc3)n2)cc1. The largest absolute Gasteiger partial charge is 0.307 e. The van der Waals surface area contributed by atoms with Gasteiger partial charge in [-0.1, -0.05) is 121 Å². The molecule has 0 N–H and O–H groups in total. The Bertz CT molecular complexity index is 3090. The summed E-state index contributed by atoms with van der Waals surface area (Å²) in [6, 6.07) is 55.2. The van der Waals surface area contributed by atoms with E-state index in [1.807, 2.05) is 18.2 Å². The number of benzene rings is 6.